The first-order valence-corrected chi connectivity index (χ1v) is 10.3. The molecule has 0 atom stereocenters. The van der Waals surface area contributed by atoms with Crippen molar-refractivity contribution in [2.75, 3.05) is 13.1 Å². The second-order valence-electron chi connectivity index (χ2n) is 6.49. The molecule has 0 aliphatic rings. The second kappa shape index (κ2) is 9.45. The van der Waals surface area contributed by atoms with Crippen LogP contribution < -0.4 is 10.6 Å². The average molecular weight is 398 g/mol. The van der Waals surface area contributed by atoms with E-state index in [-0.39, 0.29) is 0 Å². The standard InChI is InChI=1S/C20H27N7S/c1-5-21-20(23-9-8-19-26-14(2)15(3)28-19)25-13-17-6-7-18(24-12-17)27-11-10-22-16(27)4/h6-7,10-12H,5,8-9,13H2,1-4H3,(H2,21,23,25). The van der Waals surface area contributed by atoms with Gasteiger partial charge in [0, 0.05) is 43.0 Å². The van der Waals surface area contributed by atoms with E-state index in [2.05, 4.69) is 57.4 Å². The van der Waals surface area contributed by atoms with Gasteiger partial charge in [-0.05, 0) is 39.3 Å². The summed E-state index contributed by atoms with van der Waals surface area (Å²) < 4.78 is 1.96. The van der Waals surface area contributed by atoms with Crippen LogP contribution in [0.1, 0.15) is 33.9 Å². The van der Waals surface area contributed by atoms with Crippen molar-refractivity contribution >= 4 is 17.3 Å². The first-order valence-electron chi connectivity index (χ1n) is 9.47. The molecule has 0 aliphatic carbocycles. The van der Waals surface area contributed by atoms with Gasteiger partial charge in [0.25, 0.3) is 0 Å². The number of nitrogens with zero attached hydrogens (tertiary/aromatic N) is 5. The molecule has 28 heavy (non-hydrogen) atoms. The Kier molecular flexibility index (Phi) is 6.76. The molecule has 2 N–H and O–H groups in total. The molecule has 3 aromatic rings. The van der Waals surface area contributed by atoms with Gasteiger partial charge in [0.05, 0.1) is 17.2 Å². The normalized spacial score (nSPS) is 11.6. The number of aliphatic imine (C=N–C) groups is 1. The van der Waals surface area contributed by atoms with E-state index in [0.717, 1.165) is 53.4 Å². The highest BCUT2D eigenvalue weighted by molar-refractivity contribution is 7.11. The Morgan fingerprint density at radius 2 is 2.04 bits per heavy atom. The van der Waals surface area contributed by atoms with Crippen LogP contribution in [0.3, 0.4) is 0 Å². The van der Waals surface area contributed by atoms with Crippen molar-refractivity contribution in [2.24, 2.45) is 4.99 Å². The molecule has 0 bridgehead atoms. The van der Waals surface area contributed by atoms with E-state index in [1.807, 2.05) is 30.0 Å². The van der Waals surface area contributed by atoms with Crippen molar-refractivity contribution in [1.29, 1.82) is 0 Å². The molecule has 0 unspecified atom stereocenters. The summed E-state index contributed by atoms with van der Waals surface area (Å²) in [7, 11) is 0. The molecule has 3 heterocycles. The maximum absolute atomic E-state index is 4.67. The topological polar surface area (TPSA) is 80.0 Å². The monoisotopic (exact) mass is 397 g/mol. The maximum atomic E-state index is 4.67. The first kappa shape index (κ1) is 20.0. The Balaban J connectivity index is 1.56. The number of pyridine rings is 1. The van der Waals surface area contributed by atoms with Crippen LogP contribution in [0.25, 0.3) is 5.82 Å². The van der Waals surface area contributed by atoms with Crippen molar-refractivity contribution in [3.8, 4) is 5.82 Å². The van der Waals surface area contributed by atoms with Gasteiger partial charge in [-0.2, -0.15) is 0 Å². The molecule has 0 fully saturated rings. The zero-order chi connectivity index (χ0) is 19.9. The second-order valence-corrected chi connectivity index (χ2v) is 7.78. The molecular weight excluding hydrogens is 370 g/mol. The van der Waals surface area contributed by atoms with Gasteiger partial charge in [-0.15, -0.1) is 11.3 Å². The molecule has 0 aromatic carbocycles. The quantitative estimate of drug-likeness (QED) is 0.473. The zero-order valence-corrected chi connectivity index (χ0v) is 17.7. The molecule has 0 saturated heterocycles. The Morgan fingerprint density at radius 3 is 2.64 bits per heavy atom. The number of imidazole rings is 1. The molecule has 7 nitrogen and oxygen atoms in total. The van der Waals surface area contributed by atoms with Crippen LogP contribution in [-0.4, -0.2) is 38.6 Å². The zero-order valence-electron chi connectivity index (χ0n) is 16.9. The third-order valence-electron chi connectivity index (χ3n) is 4.35. The van der Waals surface area contributed by atoms with Gasteiger partial charge >= 0.3 is 0 Å². The lowest BCUT2D eigenvalue weighted by Gasteiger charge is -2.11. The van der Waals surface area contributed by atoms with E-state index in [1.54, 1.807) is 17.5 Å². The fraction of sp³-hybridized carbons (Fsp3) is 0.400. The molecule has 0 amide bonds. The summed E-state index contributed by atoms with van der Waals surface area (Å²) in [5.74, 6) is 2.59. The van der Waals surface area contributed by atoms with Gasteiger partial charge < -0.3 is 10.6 Å². The number of nitrogens with one attached hydrogen (secondary N) is 2. The summed E-state index contributed by atoms with van der Waals surface area (Å²) in [6.07, 6.45) is 6.44. The number of hydrogen-bond acceptors (Lipinski definition) is 5. The lowest BCUT2D eigenvalue weighted by molar-refractivity contribution is 0.795. The average Bonchev–Trinajstić information content (AvgIpc) is 3.25. The van der Waals surface area contributed by atoms with Gasteiger partial charge in [-0.25, -0.2) is 19.9 Å². The number of hydrogen-bond donors (Lipinski definition) is 2. The lowest BCUT2D eigenvalue weighted by atomic mass is 10.3. The van der Waals surface area contributed by atoms with E-state index in [0.29, 0.717) is 6.54 Å². The largest absolute Gasteiger partial charge is 0.357 e. The van der Waals surface area contributed by atoms with Crippen molar-refractivity contribution in [1.82, 2.24) is 30.2 Å². The molecule has 0 spiro atoms. The minimum Gasteiger partial charge on any atom is -0.357 e. The Bertz CT molecular complexity index is 905. The highest BCUT2D eigenvalue weighted by Crippen LogP contribution is 2.16. The predicted octanol–water partition coefficient (Wildman–Crippen LogP) is 2.95. The molecule has 0 aliphatic heterocycles. The summed E-state index contributed by atoms with van der Waals surface area (Å²) in [4.78, 5) is 19.3. The Labute approximate surface area is 170 Å². The SMILES string of the molecule is CCNC(=NCc1ccc(-n2ccnc2C)nc1)NCCc1nc(C)c(C)s1. The van der Waals surface area contributed by atoms with Gasteiger partial charge in [0.15, 0.2) is 5.96 Å². The van der Waals surface area contributed by atoms with Crippen LogP contribution in [0.2, 0.25) is 0 Å². The molecule has 0 radical (unpaired) electrons. The number of guanidine groups is 1. The molecule has 0 saturated carbocycles. The predicted molar refractivity (Wildman–Crippen MR) is 114 cm³/mol. The molecular formula is C20H27N7S. The van der Waals surface area contributed by atoms with E-state index in [1.165, 1.54) is 4.88 Å². The Morgan fingerprint density at radius 1 is 1.18 bits per heavy atom. The lowest BCUT2D eigenvalue weighted by Crippen LogP contribution is -2.38. The highest BCUT2D eigenvalue weighted by atomic mass is 32.1. The third kappa shape index (κ3) is 5.16. The van der Waals surface area contributed by atoms with Crippen LogP contribution in [0.4, 0.5) is 0 Å². The number of aryl methyl sites for hydroxylation is 3. The van der Waals surface area contributed by atoms with E-state index >= 15 is 0 Å². The van der Waals surface area contributed by atoms with Gasteiger partial charge in [0.2, 0.25) is 0 Å². The van der Waals surface area contributed by atoms with Crippen LogP contribution in [0.5, 0.6) is 0 Å². The first-order chi connectivity index (χ1) is 13.6. The number of thiazole rings is 1. The van der Waals surface area contributed by atoms with E-state index in [9.17, 15) is 0 Å². The fourth-order valence-corrected chi connectivity index (χ4v) is 3.65. The smallest absolute Gasteiger partial charge is 0.191 e. The number of rotatable bonds is 7. The summed E-state index contributed by atoms with van der Waals surface area (Å²) >= 11 is 1.76. The maximum Gasteiger partial charge on any atom is 0.191 e. The summed E-state index contributed by atoms with van der Waals surface area (Å²) in [6, 6.07) is 4.04. The van der Waals surface area contributed by atoms with E-state index < -0.39 is 0 Å². The summed E-state index contributed by atoms with van der Waals surface area (Å²) in [5, 5.41) is 7.83. The minimum atomic E-state index is 0.570. The third-order valence-corrected chi connectivity index (χ3v) is 5.48. The molecule has 148 valence electrons. The van der Waals surface area contributed by atoms with Crippen LogP contribution in [0, 0.1) is 20.8 Å². The van der Waals surface area contributed by atoms with Gasteiger partial charge in [-0.1, -0.05) is 6.07 Å². The van der Waals surface area contributed by atoms with Crippen LogP contribution >= 0.6 is 11.3 Å². The highest BCUT2D eigenvalue weighted by Gasteiger charge is 2.05. The molecule has 3 aromatic heterocycles. The fourth-order valence-electron chi connectivity index (χ4n) is 2.72. The molecule has 3 rings (SSSR count). The van der Waals surface area contributed by atoms with Gasteiger partial charge in [0.1, 0.15) is 11.6 Å². The van der Waals surface area contributed by atoms with Crippen LogP contribution in [0.15, 0.2) is 35.7 Å². The van der Waals surface area contributed by atoms with E-state index in [4.69, 9.17) is 0 Å². The number of aromatic nitrogens is 4. The van der Waals surface area contributed by atoms with Crippen molar-refractivity contribution < 1.29 is 0 Å². The van der Waals surface area contributed by atoms with Crippen molar-refractivity contribution in [3.05, 3.63) is 57.7 Å². The molecule has 8 heteroatoms. The summed E-state index contributed by atoms with van der Waals surface area (Å²) in [5.41, 5.74) is 2.19. The Hall–Kier alpha value is -2.74. The van der Waals surface area contributed by atoms with Crippen LogP contribution in [-0.2, 0) is 13.0 Å². The minimum absolute atomic E-state index is 0.570. The summed E-state index contributed by atoms with van der Waals surface area (Å²) in [6.45, 7) is 10.4. The van der Waals surface area contributed by atoms with Crippen molar-refractivity contribution in [3.63, 3.8) is 0 Å². The van der Waals surface area contributed by atoms with Crippen molar-refractivity contribution in [2.45, 2.75) is 40.7 Å². The van der Waals surface area contributed by atoms with Gasteiger partial charge in [-0.3, -0.25) is 4.57 Å².